The number of rotatable bonds is 3. The number of aryl methyl sites for hydroxylation is 3. The van der Waals surface area contributed by atoms with Crippen molar-refractivity contribution in [2.24, 2.45) is 5.14 Å². The molecule has 8 heteroatoms. The first-order chi connectivity index (χ1) is 9.66. The molecule has 0 saturated carbocycles. The number of nitrogens with one attached hydrogen (secondary N) is 1. The minimum Gasteiger partial charge on any atom is -0.298 e. The van der Waals surface area contributed by atoms with Crippen LogP contribution >= 0.6 is 11.3 Å². The first kappa shape index (κ1) is 15.6. The lowest BCUT2D eigenvalue weighted by atomic mass is 10.1. The van der Waals surface area contributed by atoms with Crippen LogP contribution in [0.2, 0.25) is 0 Å². The van der Waals surface area contributed by atoms with Gasteiger partial charge in [0.2, 0.25) is 10.0 Å². The van der Waals surface area contributed by atoms with Crippen molar-refractivity contribution in [2.75, 3.05) is 5.32 Å². The Morgan fingerprint density at radius 2 is 1.90 bits per heavy atom. The Morgan fingerprint density at radius 1 is 1.24 bits per heavy atom. The summed E-state index contributed by atoms with van der Waals surface area (Å²) >= 11 is 1.37. The second-order valence-electron chi connectivity index (χ2n) is 4.69. The molecule has 0 radical (unpaired) electrons. The summed E-state index contributed by atoms with van der Waals surface area (Å²) < 4.78 is 22.8. The third kappa shape index (κ3) is 3.66. The molecule has 0 aliphatic rings. The van der Waals surface area contributed by atoms with Crippen molar-refractivity contribution in [3.63, 3.8) is 0 Å². The van der Waals surface area contributed by atoms with Gasteiger partial charge in [-0.1, -0.05) is 0 Å². The minimum absolute atomic E-state index is 0.0841. The van der Waals surface area contributed by atoms with E-state index in [1.165, 1.54) is 23.5 Å². The van der Waals surface area contributed by atoms with Crippen LogP contribution in [-0.2, 0) is 10.0 Å². The molecular weight excluding hydrogens is 310 g/mol. The van der Waals surface area contributed by atoms with Crippen LogP contribution in [0.3, 0.4) is 0 Å². The first-order valence-electron chi connectivity index (χ1n) is 6.06. The maximum atomic E-state index is 12.2. The summed E-state index contributed by atoms with van der Waals surface area (Å²) in [5.74, 6) is -0.419. The smallest absolute Gasteiger partial charge is 0.257 e. The van der Waals surface area contributed by atoms with Gasteiger partial charge >= 0.3 is 0 Å². The van der Waals surface area contributed by atoms with Gasteiger partial charge < -0.3 is 0 Å². The molecule has 0 spiro atoms. The molecule has 21 heavy (non-hydrogen) atoms. The van der Waals surface area contributed by atoms with Gasteiger partial charge in [0.05, 0.1) is 10.6 Å². The monoisotopic (exact) mass is 325 g/mol. The molecule has 0 saturated heterocycles. The zero-order chi connectivity index (χ0) is 15.8. The predicted molar refractivity (Wildman–Crippen MR) is 82.1 cm³/mol. The van der Waals surface area contributed by atoms with Crippen molar-refractivity contribution in [3.05, 3.63) is 39.9 Å². The maximum Gasteiger partial charge on any atom is 0.257 e. The molecule has 3 N–H and O–H groups in total. The average Bonchev–Trinajstić information content (AvgIpc) is 2.66. The molecule has 2 rings (SSSR count). The Morgan fingerprint density at radius 3 is 2.43 bits per heavy atom. The fourth-order valence-corrected chi connectivity index (χ4v) is 3.19. The Labute approximate surface area is 127 Å². The quantitative estimate of drug-likeness (QED) is 0.900. The molecule has 6 nitrogen and oxygen atoms in total. The van der Waals surface area contributed by atoms with Crippen molar-refractivity contribution in [2.45, 2.75) is 25.7 Å². The van der Waals surface area contributed by atoms with E-state index >= 15 is 0 Å². The minimum atomic E-state index is -3.85. The molecule has 0 aliphatic heterocycles. The molecule has 0 aliphatic carbocycles. The van der Waals surface area contributed by atoms with Gasteiger partial charge in [-0.25, -0.2) is 18.5 Å². The number of carbonyl (C=O) groups is 1. The molecule has 1 heterocycles. The molecular formula is C13H15N3O3S2. The standard InChI is InChI=1S/C13H15N3O3S2/c1-7-4-10(6-11(5-7)21(14,18)19)12(17)16-13-15-8(2)9(3)20-13/h4-6H,1-3H3,(H2,14,18,19)(H,15,16,17). The summed E-state index contributed by atoms with van der Waals surface area (Å²) in [6, 6.07) is 4.27. The van der Waals surface area contributed by atoms with E-state index in [4.69, 9.17) is 5.14 Å². The average molecular weight is 325 g/mol. The van der Waals surface area contributed by atoms with Crippen molar-refractivity contribution in [3.8, 4) is 0 Å². The van der Waals surface area contributed by atoms with Gasteiger partial charge in [-0.3, -0.25) is 10.1 Å². The predicted octanol–water partition coefficient (Wildman–Crippen LogP) is 1.97. The number of thiazole rings is 1. The van der Waals surface area contributed by atoms with E-state index < -0.39 is 15.9 Å². The fourth-order valence-electron chi connectivity index (χ4n) is 1.74. The highest BCUT2D eigenvalue weighted by atomic mass is 32.2. The highest BCUT2D eigenvalue weighted by Crippen LogP contribution is 2.22. The molecule has 0 atom stereocenters. The summed E-state index contributed by atoms with van der Waals surface area (Å²) in [4.78, 5) is 17.3. The number of nitrogens with two attached hydrogens (primary N) is 1. The normalized spacial score (nSPS) is 11.4. The number of amides is 1. The van der Waals surface area contributed by atoms with Crippen LogP contribution < -0.4 is 10.5 Å². The van der Waals surface area contributed by atoms with Crippen LogP contribution in [0.5, 0.6) is 0 Å². The number of anilines is 1. The van der Waals surface area contributed by atoms with Crippen molar-refractivity contribution in [1.82, 2.24) is 4.98 Å². The van der Waals surface area contributed by atoms with E-state index in [2.05, 4.69) is 10.3 Å². The molecule has 2 aromatic rings. The van der Waals surface area contributed by atoms with Gasteiger partial charge in [0.25, 0.3) is 5.91 Å². The van der Waals surface area contributed by atoms with E-state index in [-0.39, 0.29) is 10.5 Å². The van der Waals surface area contributed by atoms with Crippen LogP contribution in [0.25, 0.3) is 0 Å². The summed E-state index contributed by atoms with van der Waals surface area (Å²) in [5, 5.41) is 8.24. The van der Waals surface area contributed by atoms with Crippen LogP contribution in [-0.4, -0.2) is 19.3 Å². The third-order valence-electron chi connectivity index (χ3n) is 2.89. The maximum absolute atomic E-state index is 12.2. The molecule has 1 aromatic carbocycles. The van der Waals surface area contributed by atoms with Gasteiger partial charge in [-0.15, -0.1) is 11.3 Å². The molecule has 112 valence electrons. The number of nitrogens with zero attached hydrogens (tertiary/aromatic N) is 1. The molecule has 1 amide bonds. The number of aromatic nitrogens is 1. The van der Waals surface area contributed by atoms with E-state index in [9.17, 15) is 13.2 Å². The third-order valence-corrected chi connectivity index (χ3v) is 4.77. The molecule has 0 unspecified atom stereocenters. The molecule has 0 bridgehead atoms. The second-order valence-corrected chi connectivity index (χ2v) is 7.46. The van der Waals surface area contributed by atoms with Crippen molar-refractivity contribution >= 4 is 32.4 Å². The number of primary sulfonamides is 1. The van der Waals surface area contributed by atoms with Crippen LogP contribution in [0.1, 0.15) is 26.5 Å². The lowest BCUT2D eigenvalue weighted by molar-refractivity contribution is 0.102. The van der Waals surface area contributed by atoms with Gasteiger partial charge in [0, 0.05) is 10.4 Å². The summed E-state index contributed by atoms with van der Waals surface area (Å²) in [7, 11) is -3.85. The first-order valence-corrected chi connectivity index (χ1v) is 8.43. The topological polar surface area (TPSA) is 102 Å². The number of benzene rings is 1. The van der Waals surface area contributed by atoms with E-state index in [0.717, 1.165) is 10.6 Å². The van der Waals surface area contributed by atoms with Crippen molar-refractivity contribution < 1.29 is 13.2 Å². The largest absolute Gasteiger partial charge is 0.298 e. The molecule has 1 aromatic heterocycles. The van der Waals surface area contributed by atoms with Crippen LogP contribution in [0.4, 0.5) is 5.13 Å². The highest BCUT2D eigenvalue weighted by Gasteiger charge is 2.15. The van der Waals surface area contributed by atoms with Gasteiger partial charge in [-0.05, 0) is 44.5 Å². The highest BCUT2D eigenvalue weighted by molar-refractivity contribution is 7.89. The Kier molecular flexibility index (Phi) is 4.13. The van der Waals surface area contributed by atoms with Crippen molar-refractivity contribution in [1.29, 1.82) is 0 Å². The zero-order valence-corrected chi connectivity index (χ0v) is 13.4. The summed E-state index contributed by atoms with van der Waals surface area (Å²) in [6.07, 6.45) is 0. The zero-order valence-electron chi connectivity index (χ0n) is 11.8. The number of hydrogen-bond donors (Lipinski definition) is 2. The lowest BCUT2D eigenvalue weighted by Gasteiger charge is -2.06. The van der Waals surface area contributed by atoms with E-state index in [1.807, 2.05) is 13.8 Å². The Balaban J connectivity index is 2.33. The number of hydrogen-bond acceptors (Lipinski definition) is 5. The van der Waals surface area contributed by atoms with Crippen LogP contribution in [0, 0.1) is 20.8 Å². The van der Waals surface area contributed by atoms with Crippen LogP contribution in [0.15, 0.2) is 23.1 Å². The summed E-state index contributed by atoms with van der Waals surface area (Å²) in [5.41, 5.74) is 1.72. The summed E-state index contributed by atoms with van der Waals surface area (Å²) in [6.45, 7) is 5.46. The number of sulfonamides is 1. The SMILES string of the molecule is Cc1cc(C(=O)Nc2nc(C)c(C)s2)cc(S(N)(=O)=O)c1. The van der Waals surface area contributed by atoms with E-state index in [1.54, 1.807) is 13.0 Å². The number of carbonyl (C=O) groups excluding carboxylic acids is 1. The lowest BCUT2D eigenvalue weighted by Crippen LogP contribution is -2.16. The second kappa shape index (κ2) is 5.55. The van der Waals surface area contributed by atoms with Gasteiger partial charge in [0.15, 0.2) is 5.13 Å². The van der Waals surface area contributed by atoms with E-state index in [0.29, 0.717) is 10.7 Å². The van der Waals surface area contributed by atoms with Gasteiger partial charge in [0.1, 0.15) is 0 Å². The molecule has 0 fully saturated rings. The Bertz CT molecular complexity index is 791. The Hall–Kier alpha value is -1.77. The fraction of sp³-hybridized carbons (Fsp3) is 0.231. The van der Waals surface area contributed by atoms with Gasteiger partial charge in [-0.2, -0.15) is 0 Å².